The van der Waals surface area contributed by atoms with Crippen molar-refractivity contribution in [2.24, 2.45) is 62.6 Å². The molecule has 0 aromatic carbocycles. The van der Waals surface area contributed by atoms with Crippen LogP contribution in [0.5, 0.6) is 0 Å². The molecule has 0 N–H and O–H groups in total. The van der Waals surface area contributed by atoms with Gasteiger partial charge in [-0.1, -0.05) is 81.1 Å². The Morgan fingerprint density at radius 2 is 1.30 bits per heavy atom. The molecule has 33 heavy (non-hydrogen) atoms. The minimum atomic E-state index is 0.559. The second kappa shape index (κ2) is 8.00. The van der Waals surface area contributed by atoms with Gasteiger partial charge < -0.3 is 0 Å². The highest BCUT2D eigenvalue weighted by atomic mass is 14.7. The average molecular weight is 455 g/mol. The Hall–Kier alpha value is 0. The summed E-state index contributed by atoms with van der Waals surface area (Å²) in [4.78, 5) is 0. The fourth-order valence-electron chi connectivity index (χ4n) is 12.8. The lowest BCUT2D eigenvalue weighted by atomic mass is 9.32. The molecule has 0 nitrogen and oxygen atoms in total. The Balaban J connectivity index is 1.45. The van der Waals surface area contributed by atoms with Gasteiger partial charge in [-0.2, -0.15) is 0 Å². The zero-order valence-corrected chi connectivity index (χ0v) is 23.9. The smallest absolute Gasteiger partial charge is 0.0235 e. The topological polar surface area (TPSA) is 0 Å². The van der Waals surface area contributed by atoms with Crippen molar-refractivity contribution in [3.63, 3.8) is 0 Å². The molecule has 0 aliphatic heterocycles. The van der Waals surface area contributed by atoms with Gasteiger partial charge in [0.05, 0.1) is 0 Å². The van der Waals surface area contributed by atoms with Gasteiger partial charge in [0.25, 0.3) is 0 Å². The second-order valence-corrected chi connectivity index (χ2v) is 15.9. The zero-order chi connectivity index (χ0) is 23.9. The van der Waals surface area contributed by atoms with E-state index in [1.54, 1.807) is 12.8 Å². The Kier molecular flexibility index (Phi) is 5.98. The molecule has 0 radical (unpaired) electrons. The van der Waals surface area contributed by atoms with Crippen LogP contribution in [0.2, 0.25) is 0 Å². The van der Waals surface area contributed by atoms with Gasteiger partial charge in [0, 0.05) is 0 Å². The summed E-state index contributed by atoms with van der Waals surface area (Å²) in [7, 11) is 0. The second-order valence-electron chi connectivity index (χ2n) is 15.9. The minimum absolute atomic E-state index is 0.559. The predicted molar refractivity (Wildman–Crippen MR) is 143 cm³/mol. The molecule has 5 saturated carbocycles. The van der Waals surface area contributed by atoms with Crippen LogP contribution in [0.4, 0.5) is 0 Å². The Bertz CT molecular complexity index is 734. The van der Waals surface area contributed by atoms with Gasteiger partial charge in [-0.3, -0.25) is 0 Å². The monoisotopic (exact) mass is 454 g/mol. The van der Waals surface area contributed by atoms with Crippen LogP contribution in [0.1, 0.15) is 145 Å². The Morgan fingerprint density at radius 1 is 0.667 bits per heavy atom. The zero-order valence-electron chi connectivity index (χ0n) is 23.9. The van der Waals surface area contributed by atoms with E-state index in [1.165, 1.54) is 77.0 Å². The highest BCUT2D eigenvalue weighted by molar-refractivity contribution is 5.19. The molecule has 0 bridgehead atoms. The fraction of sp³-hybridized carbons (Fsp3) is 1.00. The van der Waals surface area contributed by atoms with Crippen LogP contribution in [-0.4, -0.2) is 0 Å². The van der Waals surface area contributed by atoms with E-state index in [2.05, 4.69) is 55.4 Å². The molecule has 0 aromatic rings. The summed E-state index contributed by atoms with van der Waals surface area (Å²) in [6.07, 6.45) is 21.0. The fourth-order valence-corrected chi connectivity index (χ4v) is 12.8. The summed E-state index contributed by atoms with van der Waals surface area (Å²) < 4.78 is 0. The van der Waals surface area contributed by atoms with Crippen LogP contribution in [0.25, 0.3) is 0 Å². The van der Waals surface area contributed by atoms with Crippen LogP contribution in [0.3, 0.4) is 0 Å². The van der Waals surface area contributed by atoms with E-state index in [0.717, 1.165) is 35.5 Å². The van der Waals surface area contributed by atoms with E-state index in [0.29, 0.717) is 27.1 Å². The maximum absolute atomic E-state index is 2.83. The summed E-state index contributed by atoms with van der Waals surface area (Å²) in [6.45, 7) is 21.5. The third-order valence-electron chi connectivity index (χ3n) is 14.5. The van der Waals surface area contributed by atoms with Crippen molar-refractivity contribution in [3.8, 4) is 0 Å². The van der Waals surface area contributed by atoms with Crippen LogP contribution >= 0.6 is 0 Å². The summed E-state index contributed by atoms with van der Waals surface area (Å²) in [6, 6.07) is 0. The van der Waals surface area contributed by atoms with Gasteiger partial charge in [0.15, 0.2) is 0 Å². The molecule has 0 aromatic heterocycles. The summed E-state index contributed by atoms with van der Waals surface area (Å²) >= 11 is 0. The summed E-state index contributed by atoms with van der Waals surface area (Å²) in [5.74, 6) is 5.88. The average Bonchev–Trinajstić information content (AvgIpc) is 3.09. The molecule has 0 heterocycles. The van der Waals surface area contributed by atoms with Crippen molar-refractivity contribution in [1.82, 2.24) is 0 Å². The SMILES string of the molecule is CCCC[C@@H](C)[C@H]1CC[C@@]2(C)[C@@H]1CC[C@]1(C)[C@@H]2CC[C@@H]2[C@@]3(C)CCCC(C)(C)[C@@H]3CC[C@]21C. The summed E-state index contributed by atoms with van der Waals surface area (Å²) in [5.41, 5.74) is 2.90. The van der Waals surface area contributed by atoms with Crippen LogP contribution in [0.15, 0.2) is 0 Å². The Labute approximate surface area is 207 Å². The highest BCUT2D eigenvalue weighted by Gasteiger charge is 2.70. The van der Waals surface area contributed by atoms with Crippen molar-refractivity contribution in [3.05, 3.63) is 0 Å². The summed E-state index contributed by atoms with van der Waals surface area (Å²) in [5, 5.41) is 0. The van der Waals surface area contributed by atoms with Crippen molar-refractivity contribution < 1.29 is 0 Å². The van der Waals surface area contributed by atoms with Gasteiger partial charge in [0.1, 0.15) is 0 Å². The first-order valence-electron chi connectivity index (χ1n) is 15.4. The third-order valence-corrected chi connectivity index (χ3v) is 14.5. The largest absolute Gasteiger partial charge is 0.0654 e. The quantitative estimate of drug-likeness (QED) is 0.396. The number of hydrogen-bond donors (Lipinski definition) is 0. The first-order valence-corrected chi connectivity index (χ1v) is 15.4. The molecule has 0 amide bonds. The standard InChI is InChI=1S/C33H58/c1-9-10-12-23(2)24-15-20-30(5)25(24)16-21-32(7)27(30)13-14-28-31(6)19-11-18-29(3,4)26(31)17-22-33(28,32)8/h23-28H,9-22H2,1-8H3/t23-,24-,25-,26+,27-,28-,30+,31+,32-,33-/m1/s1. The van der Waals surface area contributed by atoms with E-state index in [-0.39, 0.29) is 0 Å². The third kappa shape index (κ3) is 3.26. The van der Waals surface area contributed by atoms with E-state index in [4.69, 9.17) is 0 Å². The molecule has 0 unspecified atom stereocenters. The normalized spacial score (nSPS) is 54.0. The lowest BCUT2D eigenvalue weighted by molar-refractivity contribution is -0.241. The van der Waals surface area contributed by atoms with Crippen LogP contribution < -0.4 is 0 Å². The molecule has 5 aliphatic carbocycles. The molecule has 0 spiro atoms. The van der Waals surface area contributed by atoms with Gasteiger partial charge in [-0.05, 0) is 127 Å². The molecule has 190 valence electrons. The van der Waals surface area contributed by atoms with Crippen LogP contribution in [-0.2, 0) is 0 Å². The molecule has 5 fully saturated rings. The number of fused-ring (bicyclic) bond motifs is 7. The molecule has 10 atom stereocenters. The van der Waals surface area contributed by atoms with Gasteiger partial charge in [-0.15, -0.1) is 0 Å². The lowest BCUT2D eigenvalue weighted by Gasteiger charge is -2.73. The predicted octanol–water partition coefficient (Wildman–Crippen LogP) is 10.3. The van der Waals surface area contributed by atoms with E-state index >= 15 is 0 Å². The van der Waals surface area contributed by atoms with Crippen molar-refractivity contribution in [2.75, 3.05) is 0 Å². The lowest BCUT2D eigenvalue weighted by Crippen LogP contribution is -2.65. The maximum Gasteiger partial charge on any atom is -0.0235 e. The molecule has 0 heteroatoms. The van der Waals surface area contributed by atoms with Crippen molar-refractivity contribution in [2.45, 2.75) is 145 Å². The van der Waals surface area contributed by atoms with E-state index < -0.39 is 0 Å². The molecule has 0 saturated heterocycles. The highest BCUT2D eigenvalue weighted by Crippen LogP contribution is 2.78. The first-order chi connectivity index (χ1) is 15.4. The maximum atomic E-state index is 2.83. The van der Waals surface area contributed by atoms with Crippen LogP contribution in [0, 0.1) is 62.6 Å². The number of rotatable bonds is 4. The Morgan fingerprint density at radius 3 is 1.97 bits per heavy atom. The molecule has 5 rings (SSSR count). The van der Waals surface area contributed by atoms with Gasteiger partial charge in [0.2, 0.25) is 0 Å². The molecular formula is C33H58. The molecular weight excluding hydrogens is 396 g/mol. The van der Waals surface area contributed by atoms with E-state index in [1.807, 2.05) is 0 Å². The number of hydrogen-bond acceptors (Lipinski definition) is 0. The number of unbranched alkanes of at least 4 members (excludes halogenated alkanes) is 1. The van der Waals surface area contributed by atoms with Crippen molar-refractivity contribution >= 4 is 0 Å². The first kappa shape index (κ1) is 24.7. The van der Waals surface area contributed by atoms with E-state index in [9.17, 15) is 0 Å². The van der Waals surface area contributed by atoms with Crippen molar-refractivity contribution in [1.29, 1.82) is 0 Å². The molecule has 5 aliphatic rings. The van der Waals surface area contributed by atoms with Gasteiger partial charge >= 0.3 is 0 Å². The van der Waals surface area contributed by atoms with Gasteiger partial charge in [-0.25, -0.2) is 0 Å². The minimum Gasteiger partial charge on any atom is -0.0654 e.